The average Bonchev–Trinajstić information content (AvgIpc) is 2.51. The number of Topliss-reactive ketones (excluding diaryl/α,β-unsaturated/α-hetero) is 2. The number of allylic oxidation sites excluding steroid dienone is 3. The molecule has 0 bridgehead atoms. The topological polar surface area (TPSA) is 34.1 Å². The number of fused-ring (bicyclic) bond motifs is 4. The van der Waals surface area contributed by atoms with Gasteiger partial charge in [-0.25, -0.2) is 0 Å². The fraction of sp³-hybridized carbons (Fsp3) is 0.0588. The van der Waals surface area contributed by atoms with Gasteiger partial charge in [-0.1, -0.05) is 0 Å². The van der Waals surface area contributed by atoms with Crippen LogP contribution in [0.25, 0.3) is 10.8 Å². The molecule has 1 heterocycles. The first-order chi connectivity index (χ1) is 9.77. The van der Waals surface area contributed by atoms with Gasteiger partial charge in [-0.3, -0.25) is 0 Å². The molecule has 2 nitrogen and oxygen atoms in total. The van der Waals surface area contributed by atoms with Gasteiger partial charge in [0.2, 0.25) is 0 Å². The van der Waals surface area contributed by atoms with Crippen LogP contribution in [0.15, 0.2) is 58.2 Å². The zero-order valence-electron chi connectivity index (χ0n) is 10.5. The maximum absolute atomic E-state index is 12.8. The van der Waals surface area contributed by atoms with E-state index in [4.69, 9.17) is 0 Å². The minimum atomic E-state index is -0.403. The molecular formula is C17H10IO2-. The fourth-order valence-corrected chi connectivity index (χ4v) is 5.20. The number of carbonyl (C=O) groups is 2. The Kier molecular flexibility index (Phi) is 2.63. The second-order valence-electron chi connectivity index (χ2n) is 4.83. The van der Waals surface area contributed by atoms with Crippen molar-refractivity contribution >= 4 is 22.3 Å². The molecule has 3 heteroatoms. The molecule has 1 unspecified atom stereocenters. The first-order valence-electron chi connectivity index (χ1n) is 6.37. The predicted octanol–water partition coefficient (Wildman–Crippen LogP) is 0.130. The van der Waals surface area contributed by atoms with Crippen LogP contribution >= 0.6 is 0 Å². The SMILES string of the molecule is O=C1C2=CC=C[I-]C2C(=O)c2ccc3ccccc3c21. The summed E-state index contributed by atoms with van der Waals surface area (Å²) >= 11 is -0.403. The molecule has 2 aromatic rings. The van der Waals surface area contributed by atoms with Gasteiger partial charge in [0, 0.05) is 0 Å². The van der Waals surface area contributed by atoms with E-state index in [-0.39, 0.29) is 15.5 Å². The summed E-state index contributed by atoms with van der Waals surface area (Å²) < 4.78 is 1.88. The Bertz CT molecular complexity index is 830. The first kappa shape index (κ1) is 12.0. The number of alkyl halides is 1. The van der Waals surface area contributed by atoms with Crippen molar-refractivity contribution in [2.24, 2.45) is 0 Å². The molecule has 0 fully saturated rings. The van der Waals surface area contributed by atoms with Gasteiger partial charge in [0.25, 0.3) is 0 Å². The summed E-state index contributed by atoms with van der Waals surface area (Å²) in [5.74, 6) is 0.152. The van der Waals surface area contributed by atoms with Crippen LogP contribution in [0.1, 0.15) is 20.7 Å². The molecule has 0 saturated carbocycles. The number of hydrogen-bond donors (Lipinski definition) is 0. The third kappa shape index (κ3) is 1.56. The molecule has 1 atom stereocenters. The summed E-state index contributed by atoms with van der Waals surface area (Å²) in [6, 6.07) is 11.5. The molecule has 2 aliphatic rings. The molecule has 0 amide bonds. The molecule has 0 radical (unpaired) electrons. The Morgan fingerprint density at radius 2 is 1.85 bits per heavy atom. The Labute approximate surface area is 126 Å². The zero-order chi connectivity index (χ0) is 13.7. The monoisotopic (exact) mass is 373 g/mol. The standard InChI is InChI=1S/C17H10IO2/c19-16-13-6-3-9-18-15(13)17(20)12-8-7-10-4-1-2-5-11(10)14(12)16/h1-9,15H/q-1. The summed E-state index contributed by atoms with van der Waals surface area (Å²) in [4.78, 5) is 25.4. The van der Waals surface area contributed by atoms with Crippen LogP contribution in [-0.4, -0.2) is 15.5 Å². The summed E-state index contributed by atoms with van der Waals surface area (Å²) in [5, 5.41) is 1.89. The molecule has 0 aromatic heterocycles. The van der Waals surface area contributed by atoms with E-state index in [9.17, 15) is 9.59 Å². The van der Waals surface area contributed by atoms with Crippen molar-refractivity contribution in [1.82, 2.24) is 0 Å². The van der Waals surface area contributed by atoms with Gasteiger partial charge in [0.15, 0.2) is 0 Å². The Hall–Kier alpha value is -1.75. The van der Waals surface area contributed by atoms with Crippen LogP contribution in [0, 0.1) is 0 Å². The zero-order valence-corrected chi connectivity index (χ0v) is 12.6. The molecule has 98 valence electrons. The van der Waals surface area contributed by atoms with Gasteiger partial charge in [-0.2, -0.15) is 0 Å². The molecule has 1 aliphatic carbocycles. The van der Waals surface area contributed by atoms with E-state index < -0.39 is 21.2 Å². The number of rotatable bonds is 0. The van der Waals surface area contributed by atoms with Crippen LogP contribution in [0.3, 0.4) is 0 Å². The maximum atomic E-state index is 12.8. The third-order valence-corrected chi connectivity index (χ3v) is 6.52. The van der Waals surface area contributed by atoms with E-state index in [0.29, 0.717) is 16.7 Å². The number of ketones is 2. The Morgan fingerprint density at radius 1 is 1.00 bits per heavy atom. The Morgan fingerprint density at radius 3 is 2.75 bits per heavy atom. The van der Waals surface area contributed by atoms with Crippen molar-refractivity contribution in [3.05, 3.63) is 69.3 Å². The van der Waals surface area contributed by atoms with Crippen molar-refractivity contribution < 1.29 is 30.8 Å². The molecule has 0 spiro atoms. The average molecular weight is 373 g/mol. The summed E-state index contributed by atoms with van der Waals surface area (Å²) in [7, 11) is 0. The molecule has 20 heavy (non-hydrogen) atoms. The number of halogens is 1. The van der Waals surface area contributed by atoms with Crippen molar-refractivity contribution in [2.75, 3.05) is 0 Å². The fourth-order valence-electron chi connectivity index (χ4n) is 2.80. The normalized spacial score (nSPS) is 21.0. The molecule has 0 N–H and O–H groups in total. The van der Waals surface area contributed by atoms with E-state index in [2.05, 4.69) is 4.08 Å². The Balaban J connectivity index is 2.08. The van der Waals surface area contributed by atoms with E-state index in [0.717, 1.165) is 10.8 Å². The molecule has 0 saturated heterocycles. The van der Waals surface area contributed by atoms with Crippen molar-refractivity contribution in [3.8, 4) is 0 Å². The molecule has 2 aromatic carbocycles. The van der Waals surface area contributed by atoms with Crippen LogP contribution in [0.2, 0.25) is 0 Å². The van der Waals surface area contributed by atoms with Crippen LogP contribution in [0.4, 0.5) is 0 Å². The van der Waals surface area contributed by atoms with Gasteiger partial charge >= 0.3 is 126 Å². The summed E-state index contributed by atoms with van der Waals surface area (Å²) in [6.07, 6.45) is 3.74. The first-order valence-corrected chi connectivity index (χ1v) is 8.86. The number of benzene rings is 2. The van der Waals surface area contributed by atoms with E-state index in [1.807, 2.05) is 48.6 Å². The van der Waals surface area contributed by atoms with Crippen LogP contribution in [-0.2, 0) is 0 Å². The summed E-state index contributed by atoms with van der Waals surface area (Å²) in [6.45, 7) is 0. The van der Waals surface area contributed by atoms with Crippen molar-refractivity contribution in [1.29, 1.82) is 0 Å². The molecule has 4 rings (SSSR count). The summed E-state index contributed by atoms with van der Waals surface area (Å²) in [5.41, 5.74) is 1.88. The van der Waals surface area contributed by atoms with Gasteiger partial charge in [-0.15, -0.1) is 0 Å². The minimum absolute atomic E-state index is 0.0328. The van der Waals surface area contributed by atoms with Gasteiger partial charge < -0.3 is 0 Å². The van der Waals surface area contributed by atoms with Crippen molar-refractivity contribution in [3.63, 3.8) is 0 Å². The second-order valence-corrected chi connectivity index (χ2v) is 7.52. The number of carbonyl (C=O) groups excluding carboxylic acids is 2. The van der Waals surface area contributed by atoms with Crippen LogP contribution in [0.5, 0.6) is 0 Å². The predicted molar refractivity (Wildman–Crippen MR) is 73.6 cm³/mol. The quantitative estimate of drug-likeness (QED) is 0.486. The molecular weight excluding hydrogens is 363 g/mol. The molecule has 1 aliphatic heterocycles. The van der Waals surface area contributed by atoms with E-state index in [1.165, 1.54) is 0 Å². The van der Waals surface area contributed by atoms with Crippen LogP contribution < -0.4 is 21.2 Å². The van der Waals surface area contributed by atoms with E-state index in [1.54, 1.807) is 0 Å². The van der Waals surface area contributed by atoms with E-state index >= 15 is 0 Å². The van der Waals surface area contributed by atoms with Gasteiger partial charge in [0.05, 0.1) is 0 Å². The second kappa shape index (κ2) is 4.38. The van der Waals surface area contributed by atoms with Crippen molar-refractivity contribution in [2.45, 2.75) is 3.92 Å². The van der Waals surface area contributed by atoms with Gasteiger partial charge in [-0.05, 0) is 0 Å². The number of hydrogen-bond acceptors (Lipinski definition) is 2. The third-order valence-electron chi connectivity index (χ3n) is 3.73. The van der Waals surface area contributed by atoms with Gasteiger partial charge in [0.1, 0.15) is 0 Å².